The lowest BCUT2D eigenvalue weighted by atomic mass is 9.98. The highest BCUT2D eigenvalue weighted by Crippen LogP contribution is 2.37. The number of rotatable bonds is 4. The first-order valence-electron chi connectivity index (χ1n) is 10.0. The zero-order chi connectivity index (χ0) is 20.5. The Labute approximate surface area is 169 Å². The van der Waals surface area contributed by atoms with Crippen LogP contribution in [0.25, 0.3) is 11.3 Å². The van der Waals surface area contributed by atoms with Gasteiger partial charge in [0.25, 0.3) is 6.43 Å². The summed E-state index contributed by atoms with van der Waals surface area (Å²) in [4.78, 5) is 4.11. The summed E-state index contributed by atoms with van der Waals surface area (Å²) in [6.07, 6.45) is -1.17. The summed E-state index contributed by atoms with van der Waals surface area (Å²) >= 11 is 0. The Kier molecular flexibility index (Phi) is 5.65. The van der Waals surface area contributed by atoms with E-state index in [9.17, 15) is 13.9 Å². The molecule has 0 aliphatic carbocycles. The Hall–Kier alpha value is -2.32. The van der Waals surface area contributed by atoms with E-state index >= 15 is 0 Å². The normalized spacial score (nSPS) is 22.7. The molecule has 2 aliphatic rings. The third-order valence-corrected chi connectivity index (χ3v) is 5.86. The summed E-state index contributed by atoms with van der Waals surface area (Å²) in [7, 11) is 2.02. The van der Waals surface area contributed by atoms with Crippen molar-refractivity contribution in [3.8, 4) is 17.0 Å². The summed E-state index contributed by atoms with van der Waals surface area (Å²) in [6.45, 7) is 4.59. The van der Waals surface area contributed by atoms with Crippen LogP contribution in [0.15, 0.2) is 24.3 Å². The number of halogens is 2. The Morgan fingerprint density at radius 1 is 1.28 bits per heavy atom. The van der Waals surface area contributed by atoms with Crippen molar-refractivity contribution in [2.24, 2.45) is 0 Å². The number of morpholine rings is 1. The molecule has 0 radical (unpaired) electrons. The molecule has 2 saturated heterocycles. The average Bonchev–Trinajstić information content (AvgIpc) is 2.72. The van der Waals surface area contributed by atoms with E-state index in [1.54, 1.807) is 6.07 Å². The number of phenols is 1. The second kappa shape index (κ2) is 8.20. The Bertz CT molecular complexity index is 880. The number of benzene rings is 1. The molecule has 156 valence electrons. The summed E-state index contributed by atoms with van der Waals surface area (Å²) in [5.41, 5.74) is 1.42. The molecule has 29 heavy (non-hydrogen) atoms. The Morgan fingerprint density at radius 3 is 2.86 bits per heavy atom. The lowest BCUT2D eigenvalue weighted by Crippen LogP contribution is -2.60. The zero-order valence-electron chi connectivity index (χ0n) is 16.7. The first-order chi connectivity index (χ1) is 14.0. The minimum absolute atomic E-state index is 0.0109. The first kappa shape index (κ1) is 20.0. The number of likely N-dealkylation sites (tertiary alicyclic amines) is 1. The molecule has 2 aromatic rings. The lowest BCUT2D eigenvalue weighted by Gasteiger charge is -2.47. The average molecular weight is 404 g/mol. The van der Waals surface area contributed by atoms with Crippen LogP contribution in [0.2, 0.25) is 0 Å². The van der Waals surface area contributed by atoms with Crippen molar-refractivity contribution >= 4 is 5.82 Å². The van der Waals surface area contributed by atoms with Crippen molar-refractivity contribution in [3.63, 3.8) is 0 Å². The van der Waals surface area contributed by atoms with Crippen LogP contribution in [0, 0.1) is 0 Å². The summed E-state index contributed by atoms with van der Waals surface area (Å²) in [5.74, 6) is 0.234. The van der Waals surface area contributed by atoms with Gasteiger partial charge in [-0.3, -0.25) is 0 Å². The van der Waals surface area contributed by atoms with Gasteiger partial charge in [-0.05, 0) is 37.6 Å². The van der Waals surface area contributed by atoms with Crippen LogP contribution in [0.3, 0.4) is 0 Å². The van der Waals surface area contributed by atoms with E-state index in [2.05, 4.69) is 15.1 Å². The largest absolute Gasteiger partial charge is 0.507 e. The van der Waals surface area contributed by atoms with Crippen molar-refractivity contribution in [2.75, 3.05) is 38.2 Å². The van der Waals surface area contributed by atoms with Crippen molar-refractivity contribution in [1.29, 1.82) is 0 Å². The summed E-state index contributed by atoms with van der Waals surface area (Å²) in [6, 6.07) is 6.48. The van der Waals surface area contributed by atoms with Gasteiger partial charge in [0.05, 0.1) is 30.0 Å². The summed E-state index contributed by atoms with van der Waals surface area (Å²) < 4.78 is 34.0. The van der Waals surface area contributed by atoms with E-state index in [0.717, 1.165) is 25.1 Å². The highest BCUT2D eigenvalue weighted by Gasteiger charge is 2.38. The van der Waals surface area contributed by atoms with Gasteiger partial charge in [0, 0.05) is 25.2 Å². The van der Waals surface area contributed by atoms with Crippen LogP contribution < -0.4 is 4.90 Å². The van der Waals surface area contributed by atoms with Crippen molar-refractivity contribution < 1.29 is 18.6 Å². The maximum Gasteiger partial charge on any atom is 0.267 e. The second-order valence-electron chi connectivity index (χ2n) is 7.69. The third kappa shape index (κ3) is 3.79. The van der Waals surface area contributed by atoms with Gasteiger partial charge in [0.2, 0.25) is 0 Å². The molecule has 1 aromatic carbocycles. The fourth-order valence-corrected chi connectivity index (χ4v) is 4.38. The molecular formula is C21H26F2N4O2. The predicted molar refractivity (Wildman–Crippen MR) is 106 cm³/mol. The van der Waals surface area contributed by atoms with Gasteiger partial charge in [0.1, 0.15) is 5.75 Å². The maximum absolute atomic E-state index is 14.1. The van der Waals surface area contributed by atoms with Gasteiger partial charge in [-0.15, -0.1) is 10.2 Å². The lowest BCUT2D eigenvalue weighted by molar-refractivity contribution is -0.0249. The predicted octanol–water partition coefficient (Wildman–Crippen LogP) is 3.26. The molecule has 3 heterocycles. The molecule has 4 rings (SSSR count). The monoisotopic (exact) mass is 404 g/mol. The molecule has 8 heteroatoms. The van der Waals surface area contributed by atoms with E-state index in [4.69, 9.17) is 4.74 Å². The van der Waals surface area contributed by atoms with Gasteiger partial charge >= 0.3 is 0 Å². The minimum atomic E-state index is -2.70. The van der Waals surface area contributed by atoms with Crippen molar-refractivity contribution in [3.05, 3.63) is 35.4 Å². The number of likely N-dealkylation sites (N-methyl/N-ethyl adjacent to an activating group) is 1. The number of aromatic nitrogens is 2. The first-order valence-corrected chi connectivity index (χ1v) is 10.0. The van der Waals surface area contributed by atoms with Gasteiger partial charge in [-0.25, -0.2) is 8.78 Å². The van der Waals surface area contributed by atoms with Crippen LogP contribution in [0.1, 0.15) is 30.9 Å². The molecule has 2 atom stereocenters. The van der Waals surface area contributed by atoms with Crippen LogP contribution in [0.5, 0.6) is 5.75 Å². The maximum atomic E-state index is 14.1. The molecule has 1 N–H and O–H groups in total. The highest BCUT2D eigenvalue weighted by molar-refractivity contribution is 5.72. The number of nitrogens with zero attached hydrogens (tertiary/aromatic N) is 4. The molecule has 0 amide bonds. The number of fused-ring (bicyclic) bond motifs is 1. The highest BCUT2D eigenvalue weighted by atomic mass is 19.3. The third-order valence-electron chi connectivity index (χ3n) is 5.86. The van der Waals surface area contributed by atoms with E-state index in [-0.39, 0.29) is 35.0 Å². The molecule has 2 fully saturated rings. The molecule has 0 saturated carbocycles. The van der Waals surface area contributed by atoms with Crippen molar-refractivity contribution in [2.45, 2.75) is 38.3 Å². The van der Waals surface area contributed by atoms with Crippen LogP contribution in [-0.4, -0.2) is 65.6 Å². The van der Waals surface area contributed by atoms with Crippen LogP contribution in [0.4, 0.5) is 14.6 Å². The SMILES string of the molecule is CCc1cccc(O)c1-c1cc(C(F)F)c(N2CCO[C@@H]3CCN(C)C[C@@H]32)nn1. The Morgan fingerprint density at radius 2 is 2.10 bits per heavy atom. The van der Waals surface area contributed by atoms with Crippen LogP contribution >= 0.6 is 0 Å². The molecule has 1 aromatic heterocycles. The number of aryl methyl sites for hydroxylation is 1. The molecule has 6 nitrogen and oxygen atoms in total. The standard InChI is InChI=1S/C21H26F2N4O2/c1-3-13-5-4-6-17(28)19(13)15-11-14(20(22)23)21(25-24-15)27-9-10-29-18-7-8-26(2)12-16(18)27/h4-6,11,16,18,20,28H,3,7-10,12H2,1-2H3/t16-,18+/m0/s1. The minimum Gasteiger partial charge on any atom is -0.507 e. The van der Waals surface area contributed by atoms with E-state index < -0.39 is 6.43 Å². The fourth-order valence-electron chi connectivity index (χ4n) is 4.38. The van der Waals surface area contributed by atoms with E-state index in [1.807, 2.05) is 24.9 Å². The second-order valence-corrected chi connectivity index (χ2v) is 7.69. The van der Waals surface area contributed by atoms with Gasteiger partial charge in [-0.2, -0.15) is 0 Å². The number of piperidine rings is 1. The molecule has 0 bridgehead atoms. The molecule has 0 spiro atoms. The topological polar surface area (TPSA) is 61.7 Å². The number of phenolic OH excluding ortho intramolecular Hbond substituents is 1. The van der Waals surface area contributed by atoms with E-state index in [1.165, 1.54) is 12.1 Å². The number of anilines is 1. The zero-order valence-corrected chi connectivity index (χ0v) is 16.7. The molecule has 2 aliphatic heterocycles. The fraction of sp³-hybridized carbons (Fsp3) is 0.524. The number of alkyl halides is 2. The van der Waals surface area contributed by atoms with Crippen molar-refractivity contribution in [1.82, 2.24) is 15.1 Å². The van der Waals surface area contributed by atoms with Gasteiger partial charge < -0.3 is 19.6 Å². The smallest absolute Gasteiger partial charge is 0.267 e. The molecule has 0 unspecified atom stereocenters. The van der Waals surface area contributed by atoms with Crippen LogP contribution in [-0.2, 0) is 11.2 Å². The number of hydrogen-bond acceptors (Lipinski definition) is 6. The number of hydrogen-bond donors (Lipinski definition) is 1. The number of ether oxygens (including phenoxy) is 1. The Balaban J connectivity index is 1.76. The quantitative estimate of drug-likeness (QED) is 0.844. The number of aromatic hydroxyl groups is 1. The van der Waals surface area contributed by atoms with E-state index in [0.29, 0.717) is 25.1 Å². The molecular weight excluding hydrogens is 378 g/mol. The van der Waals surface area contributed by atoms with Gasteiger partial charge in [-0.1, -0.05) is 19.1 Å². The summed E-state index contributed by atoms with van der Waals surface area (Å²) in [5, 5.41) is 18.8. The van der Waals surface area contributed by atoms with Gasteiger partial charge in [0.15, 0.2) is 5.82 Å².